The highest BCUT2D eigenvalue weighted by atomic mass is 16.5. The van der Waals surface area contributed by atoms with Crippen LogP contribution < -0.4 is 5.73 Å². The predicted molar refractivity (Wildman–Crippen MR) is 65.3 cm³/mol. The summed E-state index contributed by atoms with van der Waals surface area (Å²) in [5.74, 6) is 0.289. The minimum absolute atomic E-state index is 0.289. The Morgan fingerprint density at radius 3 is 2.59 bits per heavy atom. The Labute approximate surface area is 102 Å². The molecule has 2 saturated heterocycles. The second-order valence-electron chi connectivity index (χ2n) is 4.80. The smallest absolute Gasteiger partial charge is 0.153 e. The van der Waals surface area contributed by atoms with Gasteiger partial charge in [0.1, 0.15) is 0 Å². The quantitative estimate of drug-likeness (QED) is 0.302. The van der Waals surface area contributed by atoms with Crippen molar-refractivity contribution in [2.75, 3.05) is 45.9 Å². The third-order valence-corrected chi connectivity index (χ3v) is 3.46. The lowest BCUT2D eigenvalue weighted by atomic mass is 10.2. The van der Waals surface area contributed by atoms with Gasteiger partial charge in [-0.05, 0) is 12.8 Å². The average molecular weight is 242 g/mol. The lowest BCUT2D eigenvalue weighted by molar-refractivity contribution is 0.0531. The Hall–Kier alpha value is -0.850. The highest BCUT2D eigenvalue weighted by molar-refractivity contribution is 5.81. The first-order valence-corrected chi connectivity index (χ1v) is 6.30. The van der Waals surface area contributed by atoms with E-state index in [4.69, 9.17) is 15.7 Å². The minimum atomic E-state index is 0.289. The third-order valence-electron chi connectivity index (χ3n) is 3.46. The molecule has 2 aliphatic rings. The number of piperazine rings is 1. The van der Waals surface area contributed by atoms with Crippen LogP contribution in [-0.4, -0.2) is 72.8 Å². The molecule has 1 atom stereocenters. The first-order chi connectivity index (χ1) is 8.28. The van der Waals surface area contributed by atoms with Crippen LogP contribution in [0.2, 0.25) is 0 Å². The van der Waals surface area contributed by atoms with E-state index in [-0.39, 0.29) is 5.84 Å². The summed E-state index contributed by atoms with van der Waals surface area (Å²) in [6.07, 6.45) is 2.84. The van der Waals surface area contributed by atoms with Crippen LogP contribution in [0, 0.1) is 0 Å². The SMILES string of the molecule is N/C(CN1CCN(C[C@H]2CCCO2)CC1)=N/O. The number of oxime groups is 1. The van der Waals surface area contributed by atoms with E-state index in [1.165, 1.54) is 12.8 Å². The molecule has 0 aromatic carbocycles. The largest absolute Gasteiger partial charge is 0.409 e. The zero-order chi connectivity index (χ0) is 12.1. The maximum absolute atomic E-state index is 8.52. The van der Waals surface area contributed by atoms with Gasteiger partial charge in [-0.1, -0.05) is 5.16 Å². The summed E-state index contributed by atoms with van der Waals surface area (Å²) in [7, 11) is 0. The fourth-order valence-electron chi connectivity index (χ4n) is 2.47. The molecule has 0 aliphatic carbocycles. The Bertz CT molecular complexity index is 258. The van der Waals surface area contributed by atoms with Gasteiger partial charge in [-0.15, -0.1) is 0 Å². The number of hydrogen-bond acceptors (Lipinski definition) is 5. The molecule has 2 rings (SSSR count). The Balaban J connectivity index is 1.66. The van der Waals surface area contributed by atoms with Crippen molar-refractivity contribution in [1.29, 1.82) is 0 Å². The number of amidine groups is 1. The second-order valence-corrected chi connectivity index (χ2v) is 4.80. The van der Waals surface area contributed by atoms with Crippen LogP contribution in [0.1, 0.15) is 12.8 Å². The third kappa shape index (κ3) is 3.83. The minimum Gasteiger partial charge on any atom is -0.409 e. The van der Waals surface area contributed by atoms with Crippen LogP contribution in [0.5, 0.6) is 0 Å². The van der Waals surface area contributed by atoms with Gasteiger partial charge in [0.2, 0.25) is 0 Å². The van der Waals surface area contributed by atoms with Crippen LogP contribution in [0.4, 0.5) is 0 Å². The van der Waals surface area contributed by atoms with Gasteiger partial charge < -0.3 is 15.7 Å². The van der Waals surface area contributed by atoms with Gasteiger partial charge >= 0.3 is 0 Å². The van der Waals surface area contributed by atoms with E-state index in [9.17, 15) is 0 Å². The average Bonchev–Trinajstić information content (AvgIpc) is 2.84. The number of rotatable bonds is 4. The zero-order valence-electron chi connectivity index (χ0n) is 10.2. The summed E-state index contributed by atoms with van der Waals surface area (Å²) in [5.41, 5.74) is 5.50. The molecule has 6 heteroatoms. The van der Waals surface area contributed by atoms with Gasteiger partial charge in [0.25, 0.3) is 0 Å². The van der Waals surface area contributed by atoms with E-state index in [2.05, 4.69) is 15.0 Å². The summed E-state index contributed by atoms with van der Waals surface area (Å²) >= 11 is 0. The molecule has 0 unspecified atom stereocenters. The predicted octanol–water partition coefficient (Wildman–Crippen LogP) is -0.471. The van der Waals surface area contributed by atoms with E-state index in [0.29, 0.717) is 12.6 Å². The molecular formula is C11H22N4O2. The number of hydrogen-bond donors (Lipinski definition) is 2. The van der Waals surface area contributed by atoms with Gasteiger partial charge in [0.05, 0.1) is 12.6 Å². The van der Waals surface area contributed by atoms with E-state index >= 15 is 0 Å². The molecule has 2 aliphatic heterocycles. The fraction of sp³-hybridized carbons (Fsp3) is 0.909. The van der Waals surface area contributed by atoms with E-state index in [1.807, 2.05) is 0 Å². The molecule has 0 bridgehead atoms. The van der Waals surface area contributed by atoms with Crippen LogP contribution in [0.15, 0.2) is 5.16 Å². The highest BCUT2D eigenvalue weighted by Gasteiger charge is 2.22. The van der Waals surface area contributed by atoms with E-state index in [1.54, 1.807) is 0 Å². The molecule has 6 nitrogen and oxygen atoms in total. The van der Waals surface area contributed by atoms with Crippen molar-refractivity contribution in [1.82, 2.24) is 9.80 Å². The van der Waals surface area contributed by atoms with Crippen molar-refractivity contribution < 1.29 is 9.94 Å². The summed E-state index contributed by atoms with van der Waals surface area (Å²) in [5, 5.41) is 11.5. The van der Waals surface area contributed by atoms with Gasteiger partial charge in [-0.3, -0.25) is 9.80 Å². The van der Waals surface area contributed by atoms with Crippen LogP contribution in [-0.2, 0) is 4.74 Å². The van der Waals surface area contributed by atoms with Crippen molar-refractivity contribution in [3.8, 4) is 0 Å². The lowest BCUT2D eigenvalue weighted by Crippen LogP contribution is -2.50. The molecule has 0 aromatic rings. The van der Waals surface area contributed by atoms with E-state index < -0.39 is 0 Å². The Morgan fingerprint density at radius 2 is 2.00 bits per heavy atom. The molecule has 2 heterocycles. The first-order valence-electron chi connectivity index (χ1n) is 6.30. The molecule has 2 fully saturated rings. The fourth-order valence-corrected chi connectivity index (χ4v) is 2.47. The van der Waals surface area contributed by atoms with Crippen LogP contribution >= 0.6 is 0 Å². The molecule has 0 amide bonds. The Kier molecular flexibility index (Phi) is 4.58. The molecule has 0 radical (unpaired) electrons. The van der Waals surface area contributed by atoms with Crippen LogP contribution in [0.25, 0.3) is 0 Å². The number of nitrogens with zero attached hydrogens (tertiary/aromatic N) is 3. The van der Waals surface area contributed by atoms with Gasteiger partial charge in [0, 0.05) is 39.3 Å². The molecule has 0 spiro atoms. The maximum Gasteiger partial charge on any atom is 0.153 e. The van der Waals surface area contributed by atoms with Crippen molar-refractivity contribution in [3.05, 3.63) is 0 Å². The lowest BCUT2D eigenvalue weighted by Gasteiger charge is -2.35. The summed E-state index contributed by atoms with van der Waals surface area (Å²) in [6, 6.07) is 0. The number of nitrogens with two attached hydrogens (primary N) is 1. The Morgan fingerprint density at radius 1 is 1.29 bits per heavy atom. The molecule has 98 valence electrons. The number of ether oxygens (including phenoxy) is 1. The maximum atomic E-state index is 8.52. The molecule has 17 heavy (non-hydrogen) atoms. The summed E-state index contributed by atoms with van der Waals surface area (Å²) in [6.45, 7) is 6.57. The monoisotopic (exact) mass is 242 g/mol. The molecule has 0 aromatic heterocycles. The van der Waals surface area contributed by atoms with E-state index in [0.717, 1.165) is 39.3 Å². The van der Waals surface area contributed by atoms with Crippen molar-refractivity contribution in [2.45, 2.75) is 18.9 Å². The zero-order valence-corrected chi connectivity index (χ0v) is 10.2. The standard InChI is InChI=1S/C11H22N4O2/c12-11(13-16)9-15-5-3-14(4-6-15)8-10-2-1-7-17-10/h10,16H,1-9H2,(H2,12,13)/t10-/m1/s1. The van der Waals surface area contributed by atoms with Gasteiger partial charge in [-0.2, -0.15) is 0 Å². The molecule has 3 N–H and O–H groups in total. The topological polar surface area (TPSA) is 74.3 Å². The van der Waals surface area contributed by atoms with Crippen LogP contribution in [0.3, 0.4) is 0 Å². The van der Waals surface area contributed by atoms with Crippen molar-refractivity contribution in [3.63, 3.8) is 0 Å². The first kappa shape index (κ1) is 12.6. The normalized spacial score (nSPS) is 28.7. The summed E-state index contributed by atoms with van der Waals surface area (Å²) < 4.78 is 5.64. The van der Waals surface area contributed by atoms with Crippen molar-refractivity contribution in [2.24, 2.45) is 10.9 Å². The molecule has 0 saturated carbocycles. The van der Waals surface area contributed by atoms with Gasteiger partial charge in [0.15, 0.2) is 5.84 Å². The summed E-state index contributed by atoms with van der Waals surface area (Å²) in [4.78, 5) is 4.65. The second kappa shape index (κ2) is 6.18. The highest BCUT2D eigenvalue weighted by Crippen LogP contribution is 2.14. The van der Waals surface area contributed by atoms with Gasteiger partial charge in [-0.25, -0.2) is 0 Å². The van der Waals surface area contributed by atoms with Crippen molar-refractivity contribution >= 4 is 5.84 Å². The molecular weight excluding hydrogens is 220 g/mol.